The van der Waals surface area contributed by atoms with Crippen LogP contribution >= 0.6 is 0 Å². The number of fused-ring (bicyclic) bond motifs is 1. The molecule has 0 aromatic heterocycles. The lowest BCUT2D eigenvalue weighted by Gasteiger charge is -2.15. The van der Waals surface area contributed by atoms with Crippen molar-refractivity contribution in [2.75, 3.05) is 27.1 Å². The Labute approximate surface area is 146 Å². The molecule has 2 rings (SSSR count). The SMILES string of the molecule is C=C(C)C(=O)OCC(O)COc1ccc(OCOC)c2ccccc12. The first kappa shape index (κ1) is 18.8. The Kier molecular flexibility index (Phi) is 6.80. The summed E-state index contributed by atoms with van der Waals surface area (Å²) in [6.45, 7) is 5.02. The minimum atomic E-state index is -0.938. The molecule has 1 atom stereocenters. The van der Waals surface area contributed by atoms with Crippen molar-refractivity contribution in [3.63, 3.8) is 0 Å². The van der Waals surface area contributed by atoms with E-state index in [0.29, 0.717) is 11.5 Å². The number of carbonyl (C=O) groups excluding carboxylic acids is 1. The fraction of sp³-hybridized carbons (Fsp3) is 0.316. The van der Waals surface area contributed by atoms with Crippen LogP contribution in [0, 0.1) is 0 Å². The van der Waals surface area contributed by atoms with Crippen LogP contribution in [0.5, 0.6) is 11.5 Å². The highest BCUT2D eigenvalue weighted by Crippen LogP contribution is 2.33. The summed E-state index contributed by atoms with van der Waals surface area (Å²) in [6.07, 6.45) is -0.938. The summed E-state index contributed by atoms with van der Waals surface area (Å²) in [5.41, 5.74) is 0.283. The van der Waals surface area contributed by atoms with Crippen molar-refractivity contribution >= 4 is 16.7 Å². The van der Waals surface area contributed by atoms with Gasteiger partial charge in [0.2, 0.25) is 0 Å². The van der Waals surface area contributed by atoms with E-state index in [9.17, 15) is 9.90 Å². The number of ether oxygens (including phenoxy) is 4. The summed E-state index contributed by atoms with van der Waals surface area (Å²) < 4.78 is 21.1. The lowest BCUT2D eigenvalue weighted by molar-refractivity contribution is -0.142. The highest BCUT2D eigenvalue weighted by molar-refractivity contribution is 5.93. The first-order chi connectivity index (χ1) is 12.0. The number of methoxy groups -OCH3 is 1. The highest BCUT2D eigenvalue weighted by Gasteiger charge is 2.12. The average Bonchev–Trinajstić information content (AvgIpc) is 2.62. The monoisotopic (exact) mass is 346 g/mol. The lowest BCUT2D eigenvalue weighted by Crippen LogP contribution is -2.25. The van der Waals surface area contributed by atoms with Crippen molar-refractivity contribution in [2.45, 2.75) is 13.0 Å². The molecule has 0 fully saturated rings. The van der Waals surface area contributed by atoms with Crippen molar-refractivity contribution in [2.24, 2.45) is 0 Å². The minimum Gasteiger partial charge on any atom is -0.490 e. The third-order valence-electron chi connectivity index (χ3n) is 3.36. The maximum absolute atomic E-state index is 11.3. The van der Waals surface area contributed by atoms with Crippen LogP contribution in [0.15, 0.2) is 48.6 Å². The van der Waals surface area contributed by atoms with Crippen LogP contribution in [-0.2, 0) is 14.3 Å². The predicted octanol–water partition coefficient (Wildman–Crippen LogP) is 2.68. The second-order valence-corrected chi connectivity index (χ2v) is 5.50. The largest absolute Gasteiger partial charge is 0.490 e. The summed E-state index contributed by atoms with van der Waals surface area (Å²) in [6, 6.07) is 11.2. The molecule has 0 saturated carbocycles. The number of benzene rings is 2. The molecule has 0 bridgehead atoms. The van der Waals surface area contributed by atoms with E-state index in [1.54, 1.807) is 26.2 Å². The molecule has 0 spiro atoms. The van der Waals surface area contributed by atoms with E-state index in [-0.39, 0.29) is 25.6 Å². The van der Waals surface area contributed by atoms with Crippen LogP contribution in [-0.4, -0.2) is 44.3 Å². The van der Waals surface area contributed by atoms with Crippen LogP contribution in [0.3, 0.4) is 0 Å². The minimum absolute atomic E-state index is 0.00819. The van der Waals surface area contributed by atoms with Gasteiger partial charge < -0.3 is 24.1 Å². The van der Waals surface area contributed by atoms with Gasteiger partial charge in [-0.05, 0) is 19.1 Å². The Balaban J connectivity index is 2.04. The maximum atomic E-state index is 11.3. The Morgan fingerprint density at radius 1 is 1.08 bits per heavy atom. The second kappa shape index (κ2) is 9.05. The van der Waals surface area contributed by atoms with Crippen LogP contribution in [0.1, 0.15) is 6.92 Å². The van der Waals surface area contributed by atoms with Crippen LogP contribution in [0.4, 0.5) is 0 Å². The van der Waals surface area contributed by atoms with Crippen LogP contribution < -0.4 is 9.47 Å². The van der Waals surface area contributed by atoms with E-state index in [1.807, 2.05) is 24.3 Å². The van der Waals surface area contributed by atoms with Gasteiger partial charge in [-0.15, -0.1) is 0 Å². The predicted molar refractivity (Wildman–Crippen MR) is 93.7 cm³/mol. The fourth-order valence-corrected chi connectivity index (χ4v) is 2.15. The zero-order chi connectivity index (χ0) is 18.2. The molecule has 0 saturated heterocycles. The first-order valence-electron chi connectivity index (χ1n) is 7.80. The molecular weight excluding hydrogens is 324 g/mol. The van der Waals surface area contributed by atoms with Crippen molar-refractivity contribution in [1.82, 2.24) is 0 Å². The van der Waals surface area contributed by atoms with Gasteiger partial charge in [0.1, 0.15) is 30.8 Å². The Bertz CT molecular complexity index is 740. The number of aliphatic hydroxyl groups excluding tert-OH is 1. The molecule has 0 aliphatic carbocycles. The van der Waals surface area contributed by atoms with E-state index in [1.165, 1.54) is 0 Å². The van der Waals surface area contributed by atoms with Crippen LogP contribution in [0.2, 0.25) is 0 Å². The smallest absolute Gasteiger partial charge is 0.333 e. The molecule has 0 aliphatic rings. The molecule has 6 nitrogen and oxygen atoms in total. The second-order valence-electron chi connectivity index (χ2n) is 5.50. The van der Waals surface area contributed by atoms with Gasteiger partial charge in [-0.2, -0.15) is 0 Å². The zero-order valence-corrected chi connectivity index (χ0v) is 14.4. The first-order valence-corrected chi connectivity index (χ1v) is 7.80. The molecule has 1 unspecified atom stereocenters. The topological polar surface area (TPSA) is 74.2 Å². The molecule has 0 aliphatic heterocycles. The summed E-state index contributed by atoms with van der Waals surface area (Å²) in [4.78, 5) is 11.3. The summed E-state index contributed by atoms with van der Waals surface area (Å²) >= 11 is 0. The van der Waals surface area contributed by atoms with E-state index in [4.69, 9.17) is 18.9 Å². The molecule has 0 heterocycles. The third-order valence-corrected chi connectivity index (χ3v) is 3.36. The van der Waals surface area contributed by atoms with Crippen molar-refractivity contribution in [1.29, 1.82) is 0 Å². The van der Waals surface area contributed by atoms with Gasteiger partial charge in [0, 0.05) is 23.5 Å². The van der Waals surface area contributed by atoms with E-state index in [2.05, 4.69) is 6.58 Å². The lowest BCUT2D eigenvalue weighted by atomic mass is 10.1. The number of hydrogen-bond acceptors (Lipinski definition) is 6. The molecule has 1 N–H and O–H groups in total. The number of aliphatic hydroxyl groups is 1. The standard InChI is InChI=1S/C19H22O6/c1-13(2)19(21)24-11-14(20)10-23-17-8-9-18(25-12-22-3)16-7-5-4-6-15(16)17/h4-9,14,20H,1,10-12H2,2-3H3. The number of rotatable bonds is 9. The van der Waals surface area contributed by atoms with E-state index < -0.39 is 12.1 Å². The Hall–Kier alpha value is -2.57. The number of esters is 1. The molecule has 6 heteroatoms. The van der Waals surface area contributed by atoms with E-state index >= 15 is 0 Å². The molecule has 134 valence electrons. The fourth-order valence-electron chi connectivity index (χ4n) is 2.15. The van der Waals surface area contributed by atoms with Gasteiger partial charge in [-0.25, -0.2) is 4.79 Å². The quantitative estimate of drug-likeness (QED) is 0.427. The molecule has 0 radical (unpaired) electrons. The van der Waals surface area contributed by atoms with Crippen molar-refractivity contribution in [3.05, 3.63) is 48.6 Å². The van der Waals surface area contributed by atoms with Gasteiger partial charge in [0.25, 0.3) is 0 Å². The normalized spacial score (nSPS) is 11.8. The van der Waals surface area contributed by atoms with Gasteiger partial charge in [0.15, 0.2) is 6.79 Å². The van der Waals surface area contributed by atoms with Crippen molar-refractivity contribution in [3.8, 4) is 11.5 Å². The zero-order valence-electron chi connectivity index (χ0n) is 14.4. The van der Waals surface area contributed by atoms with E-state index in [0.717, 1.165) is 10.8 Å². The molecule has 25 heavy (non-hydrogen) atoms. The third kappa shape index (κ3) is 5.20. The number of hydrogen-bond donors (Lipinski definition) is 1. The highest BCUT2D eigenvalue weighted by atomic mass is 16.7. The summed E-state index contributed by atoms with van der Waals surface area (Å²) in [5, 5.41) is 11.6. The Morgan fingerprint density at radius 3 is 2.24 bits per heavy atom. The average molecular weight is 346 g/mol. The van der Waals surface area contributed by atoms with Gasteiger partial charge >= 0.3 is 5.97 Å². The summed E-state index contributed by atoms with van der Waals surface area (Å²) in [7, 11) is 1.56. The molecular formula is C19H22O6. The number of carbonyl (C=O) groups is 1. The van der Waals surface area contributed by atoms with Gasteiger partial charge in [-0.1, -0.05) is 30.8 Å². The summed E-state index contributed by atoms with van der Waals surface area (Å²) in [5.74, 6) is 0.746. The van der Waals surface area contributed by atoms with Gasteiger partial charge in [0.05, 0.1) is 0 Å². The Morgan fingerprint density at radius 2 is 1.68 bits per heavy atom. The molecule has 2 aromatic carbocycles. The molecule has 2 aromatic rings. The van der Waals surface area contributed by atoms with Crippen LogP contribution in [0.25, 0.3) is 10.8 Å². The molecule has 0 amide bonds. The van der Waals surface area contributed by atoms with Crippen molar-refractivity contribution < 1.29 is 28.8 Å². The van der Waals surface area contributed by atoms with Gasteiger partial charge in [-0.3, -0.25) is 0 Å². The maximum Gasteiger partial charge on any atom is 0.333 e.